The summed E-state index contributed by atoms with van der Waals surface area (Å²) in [5.74, 6) is 1.21. The van der Waals surface area contributed by atoms with Crippen LogP contribution in [0.2, 0.25) is 0 Å². The van der Waals surface area contributed by atoms with Crippen LogP contribution in [0.3, 0.4) is 0 Å². The molecule has 2 aliphatic heterocycles. The normalized spacial score (nSPS) is 16.8. The highest BCUT2D eigenvalue weighted by Crippen LogP contribution is 2.34. The average Bonchev–Trinajstić information content (AvgIpc) is 2.83. The minimum absolute atomic E-state index is 0.0299. The van der Waals surface area contributed by atoms with E-state index in [1.54, 1.807) is 17.0 Å². The second-order valence-corrected chi connectivity index (χ2v) is 10.0. The van der Waals surface area contributed by atoms with Crippen molar-refractivity contribution in [2.75, 3.05) is 33.2 Å². The largest absolute Gasteiger partial charge is 0.508 e. The molecular weight excluding hydrogens is 452 g/mol. The number of aromatic hydroxyl groups is 1. The molecule has 7 heteroatoms. The maximum absolute atomic E-state index is 13.9. The predicted molar refractivity (Wildman–Crippen MR) is 141 cm³/mol. The molecule has 0 saturated carbocycles. The fourth-order valence-electron chi connectivity index (χ4n) is 5.56. The minimum atomic E-state index is -0.0530. The Hall–Kier alpha value is -3.97. The maximum Gasteiger partial charge on any atom is 0.261 e. The fourth-order valence-corrected chi connectivity index (χ4v) is 5.56. The van der Waals surface area contributed by atoms with Crippen LogP contribution in [-0.2, 0) is 11.2 Å². The van der Waals surface area contributed by atoms with Crippen molar-refractivity contribution in [3.05, 3.63) is 83.4 Å². The zero-order valence-corrected chi connectivity index (χ0v) is 20.2. The summed E-state index contributed by atoms with van der Waals surface area (Å²) in [5.41, 5.74) is 2.40. The summed E-state index contributed by atoms with van der Waals surface area (Å²) in [6, 6.07) is 17.3. The first-order valence-electron chi connectivity index (χ1n) is 12.3. The van der Waals surface area contributed by atoms with Gasteiger partial charge in [0.2, 0.25) is 5.91 Å². The lowest BCUT2D eigenvalue weighted by Gasteiger charge is -2.41. The average molecular weight is 481 g/mol. The Balaban J connectivity index is 1.43. The SMILES string of the molecule is C=CC(=O)N1CC(Cc2nc3ccc(-c4cc(O)cc5ccccc45)cc3c(=O)n2C2CN(C)C2)C1. The number of likely N-dealkylation sites (tertiary alicyclic amines) is 2. The van der Waals surface area contributed by atoms with Crippen LogP contribution in [0.4, 0.5) is 0 Å². The van der Waals surface area contributed by atoms with Crippen LogP contribution in [-0.4, -0.2) is 63.6 Å². The van der Waals surface area contributed by atoms with Gasteiger partial charge in [-0.05, 0) is 59.3 Å². The number of likely N-dealkylation sites (N-methyl/N-ethyl adjacent to an activating group) is 1. The zero-order valence-electron chi connectivity index (χ0n) is 20.2. The number of nitrogens with zero attached hydrogens (tertiary/aromatic N) is 4. The molecular formula is C29H28N4O3. The second kappa shape index (κ2) is 8.60. The number of hydrogen-bond acceptors (Lipinski definition) is 5. The van der Waals surface area contributed by atoms with Crippen LogP contribution < -0.4 is 5.56 Å². The summed E-state index contributed by atoms with van der Waals surface area (Å²) in [6.45, 7) is 6.50. The van der Waals surface area contributed by atoms with Gasteiger partial charge < -0.3 is 14.9 Å². The molecule has 0 atom stereocenters. The van der Waals surface area contributed by atoms with Crippen molar-refractivity contribution in [1.29, 1.82) is 0 Å². The number of aromatic nitrogens is 2. The van der Waals surface area contributed by atoms with Crippen molar-refractivity contribution >= 4 is 27.6 Å². The molecule has 1 amide bonds. The van der Waals surface area contributed by atoms with Crippen LogP contribution in [0, 0.1) is 5.92 Å². The van der Waals surface area contributed by atoms with E-state index < -0.39 is 0 Å². The Morgan fingerprint density at radius 2 is 1.86 bits per heavy atom. The molecule has 0 aliphatic carbocycles. The van der Waals surface area contributed by atoms with Gasteiger partial charge in [0.15, 0.2) is 0 Å². The lowest BCUT2D eigenvalue weighted by Crippen LogP contribution is -2.52. The topological polar surface area (TPSA) is 78.7 Å². The number of carbonyl (C=O) groups is 1. The molecule has 3 aromatic carbocycles. The lowest BCUT2D eigenvalue weighted by molar-refractivity contribution is -0.132. The van der Waals surface area contributed by atoms with E-state index in [4.69, 9.17) is 4.98 Å². The lowest BCUT2D eigenvalue weighted by atomic mass is 9.94. The first kappa shape index (κ1) is 22.5. The van der Waals surface area contributed by atoms with Gasteiger partial charge in [0.05, 0.1) is 16.9 Å². The number of phenols is 1. The molecule has 36 heavy (non-hydrogen) atoms. The van der Waals surface area contributed by atoms with E-state index >= 15 is 0 Å². The molecule has 0 spiro atoms. The van der Waals surface area contributed by atoms with E-state index in [0.29, 0.717) is 30.4 Å². The number of amides is 1. The van der Waals surface area contributed by atoms with Crippen molar-refractivity contribution in [2.45, 2.75) is 12.5 Å². The summed E-state index contributed by atoms with van der Waals surface area (Å²) in [6.07, 6.45) is 2.00. The monoisotopic (exact) mass is 480 g/mol. The summed E-state index contributed by atoms with van der Waals surface area (Å²) < 4.78 is 1.88. The van der Waals surface area contributed by atoms with Crippen molar-refractivity contribution in [1.82, 2.24) is 19.4 Å². The van der Waals surface area contributed by atoms with Crippen molar-refractivity contribution < 1.29 is 9.90 Å². The highest BCUT2D eigenvalue weighted by Gasteiger charge is 2.33. The second-order valence-electron chi connectivity index (χ2n) is 10.0. The molecule has 0 bridgehead atoms. The molecule has 7 nitrogen and oxygen atoms in total. The van der Waals surface area contributed by atoms with Crippen LogP contribution in [0.25, 0.3) is 32.8 Å². The van der Waals surface area contributed by atoms with Crippen molar-refractivity contribution in [3.63, 3.8) is 0 Å². The molecule has 3 heterocycles. The Labute approximate surface area is 208 Å². The number of carbonyl (C=O) groups excluding carboxylic acids is 1. The van der Waals surface area contributed by atoms with E-state index in [-0.39, 0.29) is 29.2 Å². The molecule has 1 aromatic heterocycles. The first-order valence-corrected chi connectivity index (χ1v) is 12.3. The molecule has 4 aromatic rings. The van der Waals surface area contributed by atoms with E-state index in [0.717, 1.165) is 40.8 Å². The number of rotatable bonds is 5. The summed E-state index contributed by atoms with van der Waals surface area (Å²) >= 11 is 0. The van der Waals surface area contributed by atoms with Crippen LogP contribution >= 0.6 is 0 Å². The molecule has 0 unspecified atom stereocenters. The number of phenolic OH excluding ortho intramolecular Hbond substituents is 1. The van der Waals surface area contributed by atoms with Gasteiger partial charge in [0, 0.05) is 38.5 Å². The maximum atomic E-state index is 13.9. The third-order valence-electron chi connectivity index (χ3n) is 7.46. The van der Waals surface area contributed by atoms with Crippen molar-refractivity contribution in [3.8, 4) is 16.9 Å². The van der Waals surface area contributed by atoms with Crippen LogP contribution in [0.1, 0.15) is 11.9 Å². The molecule has 0 radical (unpaired) electrons. The standard InChI is InChI=1S/C29H28N4O3/c1-3-28(35)32-14-18(15-32)10-27-30-26-9-8-20(12-25(26)29(36)33(27)21-16-31(2)17-21)24-13-22(34)11-19-6-4-5-7-23(19)24/h3-9,11-13,18,21,34H,1,10,14-17H2,2H3. The summed E-state index contributed by atoms with van der Waals surface area (Å²) in [4.78, 5) is 34.7. The first-order chi connectivity index (χ1) is 17.4. The zero-order chi connectivity index (χ0) is 25.0. The van der Waals surface area contributed by atoms with E-state index in [1.165, 1.54) is 6.08 Å². The van der Waals surface area contributed by atoms with Gasteiger partial charge in [-0.15, -0.1) is 0 Å². The number of fused-ring (bicyclic) bond motifs is 2. The van der Waals surface area contributed by atoms with Crippen molar-refractivity contribution in [2.24, 2.45) is 5.92 Å². The summed E-state index contributed by atoms with van der Waals surface area (Å²) in [5, 5.41) is 12.9. The third kappa shape index (κ3) is 3.76. The van der Waals surface area contributed by atoms with E-state index in [9.17, 15) is 14.7 Å². The Kier molecular flexibility index (Phi) is 5.38. The molecule has 6 rings (SSSR count). The van der Waals surface area contributed by atoms with Crippen LogP contribution in [0.5, 0.6) is 5.75 Å². The number of benzene rings is 3. The predicted octanol–water partition coefficient (Wildman–Crippen LogP) is 3.60. The van der Waals surface area contributed by atoms with E-state index in [1.807, 2.05) is 54.1 Å². The molecule has 2 saturated heterocycles. The van der Waals surface area contributed by atoms with Gasteiger partial charge in [-0.3, -0.25) is 14.2 Å². The quantitative estimate of drug-likeness (QED) is 0.442. The molecule has 2 aliphatic rings. The highest BCUT2D eigenvalue weighted by atomic mass is 16.3. The van der Waals surface area contributed by atoms with Crippen LogP contribution in [0.15, 0.2) is 72.0 Å². The smallest absolute Gasteiger partial charge is 0.261 e. The Bertz CT molecular complexity index is 1580. The van der Waals surface area contributed by atoms with Gasteiger partial charge in [-0.25, -0.2) is 4.98 Å². The van der Waals surface area contributed by atoms with Gasteiger partial charge in [0.25, 0.3) is 5.56 Å². The minimum Gasteiger partial charge on any atom is -0.508 e. The van der Waals surface area contributed by atoms with Gasteiger partial charge in [-0.2, -0.15) is 0 Å². The Morgan fingerprint density at radius 1 is 1.08 bits per heavy atom. The third-order valence-corrected chi connectivity index (χ3v) is 7.46. The molecule has 2 fully saturated rings. The molecule has 182 valence electrons. The van der Waals surface area contributed by atoms with Gasteiger partial charge in [-0.1, -0.05) is 36.9 Å². The van der Waals surface area contributed by atoms with Gasteiger partial charge in [0.1, 0.15) is 11.6 Å². The fraction of sp³-hybridized carbons (Fsp3) is 0.276. The summed E-state index contributed by atoms with van der Waals surface area (Å²) in [7, 11) is 2.05. The Morgan fingerprint density at radius 3 is 2.61 bits per heavy atom. The molecule has 1 N–H and O–H groups in total. The van der Waals surface area contributed by atoms with Gasteiger partial charge >= 0.3 is 0 Å². The van der Waals surface area contributed by atoms with E-state index in [2.05, 4.69) is 11.5 Å². The highest BCUT2D eigenvalue weighted by molar-refractivity contribution is 5.99. The number of hydrogen-bond donors (Lipinski definition) is 1.